The Morgan fingerprint density at radius 2 is 2.25 bits per heavy atom. The number of nitrogens with one attached hydrogen (secondary N) is 2. The second kappa shape index (κ2) is 8.54. The third-order valence-electron chi connectivity index (χ3n) is 5.57. The average Bonchev–Trinajstić information content (AvgIpc) is 3.37. The van der Waals surface area contributed by atoms with Crippen molar-refractivity contribution in [1.82, 2.24) is 20.2 Å². The van der Waals surface area contributed by atoms with Gasteiger partial charge in [0.2, 0.25) is 0 Å². The monoisotopic (exact) mass is 382 g/mol. The van der Waals surface area contributed by atoms with Gasteiger partial charge in [-0.15, -0.1) is 0 Å². The lowest BCUT2D eigenvalue weighted by molar-refractivity contribution is 0.415. The molecule has 0 radical (unpaired) electrons. The largest absolute Gasteiger partial charge is 0.497 e. The van der Waals surface area contributed by atoms with Gasteiger partial charge >= 0.3 is 0 Å². The van der Waals surface area contributed by atoms with E-state index in [1.165, 1.54) is 24.4 Å². The van der Waals surface area contributed by atoms with Crippen LogP contribution in [0, 0.1) is 0 Å². The molecule has 7 nitrogen and oxygen atoms in total. The minimum Gasteiger partial charge on any atom is -0.497 e. The number of anilines is 1. The lowest BCUT2D eigenvalue weighted by Gasteiger charge is -2.20. The van der Waals surface area contributed by atoms with E-state index in [0.29, 0.717) is 12.6 Å². The Morgan fingerprint density at radius 1 is 1.32 bits per heavy atom. The molecule has 0 bridgehead atoms. The van der Waals surface area contributed by atoms with E-state index in [0.717, 1.165) is 49.9 Å². The third kappa shape index (κ3) is 4.24. The Kier molecular flexibility index (Phi) is 5.69. The average molecular weight is 383 g/mol. The van der Waals surface area contributed by atoms with Gasteiger partial charge in [-0.3, -0.25) is 4.99 Å². The Morgan fingerprint density at radius 3 is 3.07 bits per heavy atom. The van der Waals surface area contributed by atoms with Crippen LogP contribution in [0.5, 0.6) is 5.75 Å². The molecule has 2 aliphatic rings. The predicted octanol–water partition coefficient (Wildman–Crippen LogP) is 2.17. The maximum Gasteiger partial charge on any atom is 0.191 e. The van der Waals surface area contributed by atoms with Gasteiger partial charge in [-0.2, -0.15) is 0 Å². The zero-order valence-electron chi connectivity index (χ0n) is 16.8. The van der Waals surface area contributed by atoms with Crippen LogP contribution in [0.3, 0.4) is 0 Å². The molecule has 0 saturated carbocycles. The summed E-state index contributed by atoms with van der Waals surface area (Å²) in [5.74, 6) is 2.95. The number of aryl methyl sites for hydroxylation is 2. The summed E-state index contributed by atoms with van der Waals surface area (Å²) in [6.07, 6.45) is 6.85. The standard InChI is InChI=1S/C21H30N6O/c1-22-21(23-13-17-15-27-10-4-3-8-20(27)24-17)25-16-9-11-26(14-16)18-6-5-7-19(12-18)28-2/h5-7,12,15-16H,3-4,8-11,13-14H2,1-2H3,(H2,22,23,25). The number of hydrogen-bond donors (Lipinski definition) is 2. The molecule has 0 aliphatic carbocycles. The van der Waals surface area contributed by atoms with E-state index in [1.807, 2.05) is 19.2 Å². The number of guanidine groups is 1. The minimum atomic E-state index is 0.368. The van der Waals surface area contributed by atoms with E-state index < -0.39 is 0 Å². The molecular weight excluding hydrogens is 352 g/mol. The van der Waals surface area contributed by atoms with Gasteiger partial charge in [-0.05, 0) is 31.4 Å². The predicted molar refractivity (Wildman–Crippen MR) is 112 cm³/mol. The maximum atomic E-state index is 5.35. The van der Waals surface area contributed by atoms with Gasteiger partial charge in [0.05, 0.1) is 19.3 Å². The Labute approximate surface area is 166 Å². The molecule has 1 aromatic carbocycles. The van der Waals surface area contributed by atoms with Crippen LogP contribution < -0.4 is 20.3 Å². The molecule has 1 unspecified atom stereocenters. The van der Waals surface area contributed by atoms with Gasteiger partial charge in [0.1, 0.15) is 11.6 Å². The fourth-order valence-electron chi connectivity index (χ4n) is 4.04. The number of nitrogens with zero attached hydrogens (tertiary/aromatic N) is 4. The maximum absolute atomic E-state index is 5.35. The molecule has 1 saturated heterocycles. The number of rotatable bonds is 5. The molecule has 2 aliphatic heterocycles. The first kappa shape index (κ1) is 18.7. The van der Waals surface area contributed by atoms with E-state index in [1.54, 1.807) is 7.11 Å². The van der Waals surface area contributed by atoms with Crippen molar-refractivity contribution >= 4 is 11.6 Å². The number of ether oxygens (including phenoxy) is 1. The molecule has 0 spiro atoms. The van der Waals surface area contributed by atoms with Gasteiger partial charge in [0.25, 0.3) is 0 Å². The van der Waals surface area contributed by atoms with Crippen molar-refractivity contribution in [2.45, 2.75) is 44.8 Å². The molecule has 1 aromatic heterocycles. The number of methoxy groups -OCH3 is 1. The van der Waals surface area contributed by atoms with Gasteiger partial charge in [-0.1, -0.05) is 6.07 Å². The van der Waals surface area contributed by atoms with E-state index in [2.05, 4.69) is 43.4 Å². The lowest BCUT2D eigenvalue weighted by atomic mass is 10.2. The van der Waals surface area contributed by atoms with E-state index >= 15 is 0 Å². The number of imidazole rings is 1. The number of aliphatic imine (C=N–C) groups is 1. The molecular formula is C21H30N6O. The summed E-state index contributed by atoms with van der Waals surface area (Å²) in [6.45, 7) is 3.77. The summed E-state index contributed by atoms with van der Waals surface area (Å²) in [6, 6.07) is 8.62. The molecule has 3 heterocycles. The first-order valence-corrected chi connectivity index (χ1v) is 10.2. The lowest BCUT2D eigenvalue weighted by Crippen LogP contribution is -2.44. The summed E-state index contributed by atoms with van der Waals surface area (Å²) in [4.78, 5) is 11.5. The van der Waals surface area contributed by atoms with Crippen molar-refractivity contribution in [3.63, 3.8) is 0 Å². The topological polar surface area (TPSA) is 66.7 Å². The highest BCUT2D eigenvalue weighted by atomic mass is 16.5. The van der Waals surface area contributed by atoms with Crippen LogP contribution in [0.4, 0.5) is 5.69 Å². The van der Waals surface area contributed by atoms with Crippen LogP contribution >= 0.6 is 0 Å². The van der Waals surface area contributed by atoms with Crippen molar-refractivity contribution in [2.75, 3.05) is 32.1 Å². The smallest absolute Gasteiger partial charge is 0.191 e. The van der Waals surface area contributed by atoms with E-state index in [9.17, 15) is 0 Å². The molecule has 1 atom stereocenters. The SMILES string of the molecule is CN=C(NCc1cn2c(n1)CCCC2)NC1CCN(c2cccc(OC)c2)C1. The first-order chi connectivity index (χ1) is 13.7. The van der Waals surface area contributed by atoms with Crippen molar-refractivity contribution in [1.29, 1.82) is 0 Å². The Hall–Kier alpha value is -2.70. The number of benzene rings is 1. The van der Waals surface area contributed by atoms with Crippen molar-refractivity contribution in [3.05, 3.63) is 42.0 Å². The van der Waals surface area contributed by atoms with Gasteiger partial charge in [0, 0.05) is 57.1 Å². The van der Waals surface area contributed by atoms with Crippen LogP contribution in [-0.4, -0.2) is 48.8 Å². The van der Waals surface area contributed by atoms with Crippen molar-refractivity contribution < 1.29 is 4.74 Å². The normalized spacial score (nSPS) is 19.4. The Bertz CT molecular complexity index is 807. The molecule has 7 heteroatoms. The molecule has 4 rings (SSSR count). The van der Waals surface area contributed by atoms with Crippen molar-refractivity contribution in [3.8, 4) is 5.75 Å². The highest BCUT2D eigenvalue weighted by Gasteiger charge is 2.24. The second-order valence-corrected chi connectivity index (χ2v) is 7.50. The summed E-state index contributed by atoms with van der Waals surface area (Å²) in [5.41, 5.74) is 2.29. The summed E-state index contributed by atoms with van der Waals surface area (Å²) in [7, 11) is 3.53. The van der Waals surface area contributed by atoms with Gasteiger partial charge < -0.3 is 24.8 Å². The van der Waals surface area contributed by atoms with E-state index in [4.69, 9.17) is 9.72 Å². The first-order valence-electron chi connectivity index (χ1n) is 10.2. The van der Waals surface area contributed by atoms with Crippen LogP contribution in [0.2, 0.25) is 0 Å². The summed E-state index contributed by atoms with van der Waals surface area (Å²) in [5, 5.41) is 6.98. The molecule has 150 valence electrons. The molecule has 2 aromatic rings. The van der Waals surface area contributed by atoms with Gasteiger partial charge in [-0.25, -0.2) is 4.98 Å². The molecule has 0 amide bonds. The number of fused-ring (bicyclic) bond motifs is 1. The van der Waals surface area contributed by atoms with Crippen LogP contribution in [-0.2, 0) is 19.5 Å². The fourth-order valence-corrected chi connectivity index (χ4v) is 4.04. The summed E-state index contributed by atoms with van der Waals surface area (Å²) >= 11 is 0. The zero-order chi connectivity index (χ0) is 19.3. The third-order valence-corrected chi connectivity index (χ3v) is 5.57. The van der Waals surface area contributed by atoms with E-state index in [-0.39, 0.29) is 0 Å². The fraction of sp³-hybridized carbons (Fsp3) is 0.524. The van der Waals surface area contributed by atoms with Gasteiger partial charge in [0.15, 0.2) is 5.96 Å². The number of aromatic nitrogens is 2. The second-order valence-electron chi connectivity index (χ2n) is 7.50. The molecule has 2 N–H and O–H groups in total. The van der Waals surface area contributed by atoms with Crippen molar-refractivity contribution in [2.24, 2.45) is 4.99 Å². The molecule has 1 fully saturated rings. The quantitative estimate of drug-likeness (QED) is 0.613. The Balaban J connectivity index is 1.30. The highest BCUT2D eigenvalue weighted by molar-refractivity contribution is 5.80. The minimum absolute atomic E-state index is 0.368. The summed E-state index contributed by atoms with van der Waals surface area (Å²) < 4.78 is 7.64. The number of hydrogen-bond acceptors (Lipinski definition) is 4. The van der Waals surface area contributed by atoms with Crippen LogP contribution in [0.1, 0.15) is 30.8 Å². The highest BCUT2D eigenvalue weighted by Crippen LogP contribution is 2.24. The van der Waals surface area contributed by atoms with Crippen LogP contribution in [0.15, 0.2) is 35.5 Å². The zero-order valence-corrected chi connectivity index (χ0v) is 16.8. The van der Waals surface area contributed by atoms with Crippen LogP contribution in [0.25, 0.3) is 0 Å². The molecule has 28 heavy (non-hydrogen) atoms.